The second-order valence-electron chi connectivity index (χ2n) is 5.42. The number of aryl methyl sites for hydroxylation is 1. The maximum absolute atomic E-state index is 12.0. The fourth-order valence-electron chi connectivity index (χ4n) is 2.71. The van der Waals surface area contributed by atoms with Crippen molar-refractivity contribution in [2.75, 3.05) is 12.3 Å². The Bertz CT molecular complexity index is 528. The lowest BCUT2D eigenvalue weighted by Crippen LogP contribution is -2.33. The smallest absolute Gasteiger partial charge is 0.306 e. The van der Waals surface area contributed by atoms with Crippen molar-refractivity contribution in [1.29, 1.82) is 0 Å². The van der Waals surface area contributed by atoms with E-state index in [4.69, 9.17) is 10.8 Å². The van der Waals surface area contributed by atoms with Crippen LogP contribution in [0.5, 0.6) is 0 Å². The fourth-order valence-corrected chi connectivity index (χ4v) is 2.71. The number of rotatable bonds is 4. The molecule has 0 saturated heterocycles. The van der Waals surface area contributed by atoms with Crippen molar-refractivity contribution in [2.24, 2.45) is 11.8 Å². The van der Waals surface area contributed by atoms with Crippen LogP contribution in [-0.2, 0) is 4.79 Å². The van der Waals surface area contributed by atoms with Gasteiger partial charge in [0.15, 0.2) is 0 Å². The van der Waals surface area contributed by atoms with Crippen LogP contribution in [0.15, 0.2) is 18.2 Å². The second kappa shape index (κ2) is 5.94. The van der Waals surface area contributed by atoms with Gasteiger partial charge in [0.05, 0.1) is 5.92 Å². The molecule has 1 saturated carbocycles. The molecular formula is C15H20N2O3. The maximum Gasteiger partial charge on any atom is 0.306 e. The van der Waals surface area contributed by atoms with E-state index in [0.29, 0.717) is 24.2 Å². The van der Waals surface area contributed by atoms with Crippen LogP contribution in [0.25, 0.3) is 0 Å². The van der Waals surface area contributed by atoms with Crippen molar-refractivity contribution in [3.8, 4) is 0 Å². The third kappa shape index (κ3) is 3.10. The first-order valence-electron chi connectivity index (χ1n) is 6.86. The van der Waals surface area contributed by atoms with Crippen molar-refractivity contribution in [1.82, 2.24) is 5.32 Å². The van der Waals surface area contributed by atoms with Crippen LogP contribution in [0.3, 0.4) is 0 Å². The third-order valence-electron chi connectivity index (χ3n) is 4.04. The predicted molar refractivity (Wildman–Crippen MR) is 76.4 cm³/mol. The highest BCUT2D eigenvalue weighted by Crippen LogP contribution is 2.31. The zero-order valence-electron chi connectivity index (χ0n) is 11.6. The number of nitrogen functional groups attached to an aromatic ring is 1. The van der Waals surface area contributed by atoms with Gasteiger partial charge < -0.3 is 16.2 Å². The summed E-state index contributed by atoms with van der Waals surface area (Å²) in [6.45, 7) is 2.29. The summed E-state index contributed by atoms with van der Waals surface area (Å²) < 4.78 is 0. The molecule has 5 heteroatoms. The van der Waals surface area contributed by atoms with Gasteiger partial charge >= 0.3 is 5.97 Å². The fraction of sp³-hybridized carbons (Fsp3) is 0.467. The summed E-state index contributed by atoms with van der Waals surface area (Å²) in [7, 11) is 0. The lowest BCUT2D eigenvalue weighted by atomic mass is 9.96. The molecule has 2 unspecified atom stereocenters. The van der Waals surface area contributed by atoms with Crippen LogP contribution < -0.4 is 11.1 Å². The summed E-state index contributed by atoms with van der Waals surface area (Å²) in [5, 5.41) is 11.9. The predicted octanol–water partition coefficient (Wildman–Crippen LogP) is 1.81. The van der Waals surface area contributed by atoms with E-state index < -0.39 is 5.97 Å². The molecule has 0 bridgehead atoms. The molecule has 0 spiro atoms. The largest absolute Gasteiger partial charge is 0.481 e. The van der Waals surface area contributed by atoms with E-state index in [-0.39, 0.29) is 17.7 Å². The van der Waals surface area contributed by atoms with E-state index in [2.05, 4.69) is 5.32 Å². The van der Waals surface area contributed by atoms with Gasteiger partial charge in [0, 0.05) is 17.8 Å². The number of nitrogens with one attached hydrogen (secondary N) is 1. The van der Waals surface area contributed by atoms with Crippen LogP contribution >= 0.6 is 0 Å². The Hall–Kier alpha value is -2.04. The number of carboxylic acid groups (broad SMARTS) is 1. The van der Waals surface area contributed by atoms with E-state index in [1.165, 1.54) is 0 Å². The molecule has 0 heterocycles. The summed E-state index contributed by atoms with van der Waals surface area (Å²) in [6, 6.07) is 5.18. The number of anilines is 1. The highest BCUT2D eigenvalue weighted by atomic mass is 16.4. The van der Waals surface area contributed by atoms with Crippen molar-refractivity contribution in [3.05, 3.63) is 29.3 Å². The van der Waals surface area contributed by atoms with Crippen molar-refractivity contribution >= 4 is 17.6 Å². The van der Waals surface area contributed by atoms with Crippen molar-refractivity contribution in [2.45, 2.75) is 26.2 Å². The van der Waals surface area contributed by atoms with Gasteiger partial charge in [0.2, 0.25) is 0 Å². The highest BCUT2D eigenvalue weighted by molar-refractivity contribution is 5.95. The van der Waals surface area contributed by atoms with Gasteiger partial charge in [0.1, 0.15) is 0 Å². The van der Waals surface area contributed by atoms with Gasteiger partial charge in [0.25, 0.3) is 5.91 Å². The normalized spacial score (nSPS) is 21.6. The lowest BCUT2D eigenvalue weighted by Gasteiger charge is -2.16. The van der Waals surface area contributed by atoms with Gasteiger partial charge in [-0.05, 0) is 43.4 Å². The van der Waals surface area contributed by atoms with E-state index in [9.17, 15) is 9.59 Å². The Morgan fingerprint density at radius 3 is 2.80 bits per heavy atom. The number of benzene rings is 1. The number of carboxylic acids is 1. The lowest BCUT2D eigenvalue weighted by molar-refractivity contribution is -0.142. The molecule has 2 atom stereocenters. The quantitative estimate of drug-likeness (QED) is 0.731. The average molecular weight is 276 g/mol. The molecule has 108 valence electrons. The average Bonchev–Trinajstić information content (AvgIpc) is 2.87. The number of amides is 1. The van der Waals surface area contributed by atoms with Crippen LogP contribution in [0.4, 0.5) is 5.69 Å². The van der Waals surface area contributed by atoms with E-state index in [1.807, 2.05) is 6.92 Å². The topological polar surface area (TPSA) is 92.4 Å². The van der Waals surface area contributed by atoms with Gasteiger partial charge in [-0.15, -0.1) is 0 Å². The number of aliphatic carboxylic acids is 1. The Morgan fingerprint density at radius 2 is 2.15 bits per heavy atom. The van der Waals surface area contributed by atoms with Crippen LogP contribution in [-0.4, -0.2) is 23.5 Å². The zero-order chi connectivity index (χ0) is 14.7. The van der Waals surface area contributed by atoms with Crippen molar-refractivity contribution in [3.63, 3.8) is 0 Å². The second-order valence-corrected chi connectivity index (χ2v) is 5.42. The van der Waals surface area contributed by atoms with Crippen LogP contribution in [0, 0.1) is 18.8 Å². The molecule has 2 rings (SSSR count). The first-order valence-corrected chi connectivity index (χ1v) is 6.86. The van der Waals surface area contributed by atoms with Gasteiger partial charge in [-0.25, -0.2) is 0 Å². The number of carbonyl (C=O) groups is 2. The number of nitrogens with two attached hydrogens (primary N) is 1. The van der Waals surface area contributed by atoms with E-state index in [0.717, 1.165) is 18.4 Å². The molecule has 20 heavy (non-hydrogen) atoms. The Labute approximate surface area is 118 Å². The molecule has 1 aliphatic rings. The van der Waals surface area contributed by atoms with E-state index in [1.54, 1.807) is 18.2 Å². The number of carbonyl (C=O) groups excluding carboxylic acids is 1. The Kier molecular flexibility index (Phi) is 4.27. The van der Waals surface area contributed by atoms with Gasteiger partial charge in [-0.3, -0.25) is 9.59 Å². The monoisotopic (exact) mass is 276 g/mol. The van der Waals surface area contributed by atoms with E-state index >= 15 is 0 Å². The SMILES string of the molecule is Cc1ccc(C(=O)NCC2CCCC2C(=O)O)cc1N. The molecule has 1 aliphatic carbocycles. The molecule has 1 amide bonds. The van der Waals surface area contributed by atoms with Crippen LogP contribution in [0.1, 0.15) is 35.2 Å². The van der Waals surface area contributed by atoms with Crippen LogP contribution in [0.2, 0.25) is 0 Å². The zero-order valence-corrected chi connectivity index (χ0v) is 11.6. The summed E-state index contributed by atoms with van der Waals surface area (Å²) in [5.74, 6) is -1.27. The number of hydrogen-bond acceptors (Lipinski definition) is 3. The molecule has 0 aliphatic heterocycles. The molecule has 4 N–H and O–H groups in total. The number of hydrogen-bond donors (Lipinski definition) is 3. The first-order chi connectivity index (χ1) is 9.49. The minimum absolute atomic E-state index is 0.0271. The summed E-state index contributed by atoms with van der Waals surface area (Å²) in [5.41, 5.74) is 7.81. The molecular weight excluding hydrogens is 256 g/mol. The van der Waals surface area contributed by atoms with Gasteiger partial charge in [-0.2, -0.15) is 0 Å². The minimum atomic E-state index is -0.763. The standard InChI is InChI=1S/C15H20N2O3/c1-9-5-6-10(7-13(9)16)14(18)17-8-11-3-2-4-12(11)15(19)20/h5-7,11-12H,2-4,8,16H2,1H3,(H,17,18)(H,19,20). The summed E-state index contributed by atoms with van der Waals surface area (Å²) in [4.78, 5) is 23.1. The molecule has 0 aromatic heterocycles. The van der Waals surface area contributed by atoms with Crippen molar-refractivity contribution < 1.29 is 14.7 Å². The first kappa shape index (κ1) is 14.4. The maximum atomic E-state index is 12.0. The molecule has 1 aromatic rings. The summed E-state index contributed by atoms with van der Waals surface area (Å²) in [6.07, 6.45) is 2.47. The highest BCUT2D eigenvalue weighted by Gasteiger charge is 2.32. The molecule has 1 aromatic carbocycles. The Balaban J connectivity index is 1.95. The summed E-state index contributed by atoms with van der Waals surface area (Å²) >= 11 is 0. The Morgan fingerprint density at radius 1 is 1.40 bits per heavy atom. The minimum Gasteiger partial charge on any atom is -0.481 e. The molecule has 1 fully saturated rings. The molecule has 0 radical (unpaired) electrons. The third-order valence-corrected chi connectivity index (χ3v) is 4.04. The molecule has 5 nitrogen and oxygen atoms in total. The van der Waals surface area contributed by atoms with Gasteiger partial charge in [-0.1, -0.05) is 12.5 Å².